The Labute approximate surface area is 124 Å². The Morgan fingerprint density at radius 2 is 1.86 bits per heavy atom. The van der Waals surface area contributed by atoms with Gasteiger partial charge in [-0.1, -0.05) is 6.08 Å². The van der Waals surface area contributed by atoms with E-state index in [1.807, 2.05) is 32.1 Å². The van der Waals surface area contributed by atoms with Crippen LogP contribution in [-0.2, 0) is 10.0 Å². The fourth-order valence-electron chi connectivity index (χ4n) is 1.74. The Balaban J connectivity index is 2.15. The van der Waals surface area contributed by atoms with Gasteiger partial charge in [0.15, 0.2) is 0 Å². The van der Waals surface area contributed by atoms with Gasteiger partial charge in [0, 0.05) is 11.9 Å². The zero-order chi connectivity index (χ0) is 15.5. The number of hydrogen-bond donors (Lipinski definition) is 2. The molecule has 0 bridgehead atoms. The first-order valence-electron chi connectivity index (χ1n) is 6.39. The molecule has 0 amide bonds. The second-order valence-corrected chi connectivity index (χ2v) is 6.16. The van der Waals surface area contributed by atoms with Crippen LogP contribution in [0.5, 0.6) is 0 Å². The Hall–Kier alpha value is -2.18. The first-order valence-corrected chi connectivity index (χ1v) is 7.94. The van der Waals surface area contributed by atoms with Gasteiger partial charge in [-0.05, 0) is 61.4 Å². The van der Waals surface area contributed by atoms with Crippen molar-refractivity contribution in [2.45, 2.75) is 18.7 Å². The molecule has 2 rings (SSSR count). The molecule has 2 aromatic rings. The number of nitrogens with zero attached hydrogens (tertiary/aromatic N) is 1. The molecule has 0 fully saturated rings. The maximum atomic E-state index is 11.2. The van der Waals surface area contributed by atoms with Gasteiger partial charge in [-0.15, -0.1) is 0 Å². The number of aromatic nitrogens is 1. The van der Waals surface area contributed by atoms with Crippen LogP contribution in [0.1, 0.15) is 19.4 Å². The lowest BCUT2D eigenvalue weighted by Crippen LogP contribution is -2.11. The maximum Gasteiger partial charge on any atom is 0.238 e. The Bertz CT molecular complexity index is 749. The van der Waals surface area contributed by atoms with E-state index in [-0.39, 0.29) is 4.90 Å². The molecule has 0 atom stereocenters. The molecular weight excluding hydrogens is 286 g/mol. The number of benzene rings is 1. The van der Waals surface area contributed by atoms with E-state index >= 15 is 0 Å². The van der Waals surface area contributed by atoms with Gasteiger partial charge in [0.2, 0.25) is 10.0 Å². The van der Waals surface area contributed by atoms with Gasteiger partial charge in [0.25, 0.3) is 0 Å². The summed E-state index contributed by atoms with van der Waals surface area (Å²) >= 11 is 0. The average molecular weight is 303 g/mol. The number of nitrogens with two attached hydrogens (primary N) is 1. The quantitative estimate of drug-likeness (QED) is 0.909. The molecule has 0 radical (unpaired) electrons. The lowest BCUT2D eigenvalue weighted by Gasteiger charge is -2.07. The molecule has 0 aliphatic heterocycles. The number of anilines is 2. The van der Waals surface area contributed by atoms with E-state index in [0.717, 1.165) is 16.8 Å². The van der Waals surface area contributed by atoms with Gasteiger partial charge in [0.05, 0.1) is 4.90 Å². The highest BCUT2D eigenvalue weighted by atomic mass is 32.2. The van der Waals surface area contributed by atoms with Gasteiger partial charge in [-0.2, -0.15) is 0 Å². The van der Waals surface area contributed by atoms with Gasteiger partial charge < -0.3 is 5.32 Å². The topological polar surface area (TPSA) is 85.1 Å². The third-order valence-corrected chi connectivity index (χ3v) is 4.04. The summed E-state index contributed by atoms with van der Waals surface area (Å²) in [7, 11) is -3.66. The van der Waals surface area contributed by atoms with Crippen molar-refractivity contribution in [1.82, 2.24) is 4.98 Å². The predicted octanol–water partition coefficient (Wildman–Crippen LogP) is 2.90. The lowest BCUT2D eigenvalue weighted by atomic mass is 10.1. The third-order valence-electron chi connectivity index (χ3n) is 3.11. The minimum absolute atomic E-state index is 0.0834. The van der Waals surface area contributed by atoms with Gasteiger partial charge >= 0.3 is 0 Å². The molecule has 1 aromatic heterocycles. The van der Waals surface area contributed by atoms with Gasteiger partial charge in [-0.3, -0.25) is 0 Å². The van der Waals surface area contributed by atoms with Crippen LogP contribution in [0.2, 0.25) is 0 Å². The van der Waals surface area contributed by atoms with E-state index < -0.39 is 10.0 Å². The number of hydrogen-bond acceptors (Lipinski definition) is 4. The summed E-state index contributed by atoms with van der Waals surface area (Å²) in [5.41, 5.74) is 2.96. The smallest absolute Gasteiger partial charge is 0.238 e. The van der Waals surface area contributed by atoms with Crippen LogP contribution in [0.25, 0.3) is 5.57 Å². The lowest BCUT2D eigenvalue weighted by molar-refractivity contribution is 0.598. The zero-order valence-corrected chi connectivity index (χ0v) is 12.7. The summed E-state index contributed by atoms with van der Waals surface area (Å²) in [6, 6.07) is 10.0. The van der Waals surface area contributed by atoms with Gasteiger partial charge in [0.1, 0.15) is 5.82 Å². The van der Waals surface area contributed by atoms with Crippen molar-refractivity contribution in [2.75, 3.05) is 5.32 Å². The molecular formula is C15H17N3O2S. The van der Waals surface area contributed by atoms with E-state index in [9.17, 15) is 8.42 Å². The Morgan fingerprint density at radius 3 is 2.33 bits per heavy atom. The molecule has 5 nitrogen and oxygen atoms in total. The zero-order valence-electron chi connectivity index (χ0n) is 11.9. The van der Waals surface area contributed by atoms with Crippen molar-refractivity contribution in [3.8, 4) is 0 Å². The second-order valence-electron chi connectivity index (χ2n) is 4.60. The standard InChI is InChI=1S/C15H17N3O2S/c1-3-11(2)12-4-9-15(17-10-12)18-13-5-7-14(8-6-13)21(16,19)20/h3-10H,1-2H3,(H,17,18)(H2,16,19,20)/b11-3+. The SMILES string of the molecule is C/C=C(\C)c1ccc(Nc2ccc(S(N)(=O)=O)cc2)nc1. The summed E-state index contributed by atoms with van der Waals surface area (Å²) in [5.74, 6) is 0.686. The van der Waals surface area contributed by atoms with Crippen molar-refractivity contribution in [2.24, 2.45) is 5.14 Å². The van der Waals surface area contributed by atoms with Gasteiger partial charge in [-0.25, -0.2) is 18.5 Å². The minimum atomic E-state index is -3.66. The molecule has 1 aromatic carbocycles. The highest BCUT2D eigenvalue weighted by molar-refractivity contribution is 7.89. The number of primary sulfonamides is 1. The minimum Gasteiger partial charge on any atom is -0.340 e. The predicted molar refractivity (Wildman–Crippen MR) is 84.7 cm³/mol. The highest BCUT2D eigenvalue weighted by Crippen LogP contribution is 2.19. The van der Waals surface area contributed by atoms with E-state index in [1.165, 1.54) is 12.1 Å². The molecule has 3 N–H and O–H groups in total. The fourth-order valence-corrected chi connectivity index (χ4v) is 2.26. The van der Waals surface area contributed by atoms with Crippen LogP contribution in [0.15, 0.2) is 53.6 Å². The highest BCUT2D eigenvalue weighted by Gasteiger charge is 2.06. The largest absolute Gasteiger partial charge is 0.340 e. The Kier molecular flexibility index (Phi) is 4.40. The normalized spacial score (nSPS) is 12.2. The van der Waals surface area contributed by atoms with E-state index in [0.29, 0.717) is 5.82 Å². The summed E-state index contributed by atoms with van der Waals surface area (Å²) in [5, 5.41) is 8.15. The number of rotatable bonds is 4. The van der Waals surface area contributed by atoms with Crippen molar-refractivity contribution < 1.29 is 8.42 Å². The van der Waals surface area contributed by atoms with E-state index in [1.54, 1.807) is 18.3 Å². The molecule has 0 spiro atoms. The maximum absolute atomic E-state index is 11.2. The summed E-state index contributed by atoms with van der Waals surface area (Å²) in [6.07, 6.45) is 3.81. The molecule has 110 valence electrons. The summed E-state index contributed by atoms with van der Waals surface area (Å²) < 4.78 is 22.3. The van der Waals surface area contributed by atoms with Crippen LogP contribution in [0.3, 0.4) is 0 Å². The van der Waals surface area contributed by atoms with Crippen LogP contribution in [-0.4, -0.2) is 13.4 Å². The number of allylic oxidation sites excluding steroid dienone is 2. The summed E-state index contributed by atoms with van der Waals surface area (Å²) in [6.45, 7) is 4.00. The summed E-state index contributed by atoms with van der Waals surface area (Å²) in [4.78, 5) is 4.40. The molecule has 0 aliphatic rings. The molecule has 1 heterocycles. The van der Waals surface area contributed by atoms with Crippen molar-refractivity contribution >= 4 is 27.1 Å². The first kappa shape index (κ1) is 15.2. The second kappa shape index (κ2) is 6.07. The van der Waals surface area contributed by atoms with Crippen LogP contribution in [0.4, 0.5) is 11.5 Å². The van der Waals surface area contributed by atoms with Crippen molar-refractivity contribution in [3.05, 3.63) is 54.2 Å². The van der Waals surface area contributed by atoms with Crippen LogP contribution >= 0.6 is 0 Å². The fraction of sp³-hybridized carbons (Fsp3) is 0.133. The van der Waals surface area contributed by atoms with Crippen molar-refractivity contribution in [1.29, 1.82) is 0 Å². The Morgan fingerprint density at radius 1 is 1.19 bits per heavy atom. The van der Waals surface area contributed by atoms with Crippen molar-refractivity contribution in [3.63, 3.8) is 0 Å². The number of pyridine rings is 1. The van der Waals surface area contributed by atoms with E-state index in [2.05, 4.69) is 10.3 Å². The molecule has 0 aliphatic carbocycles. The molecule has 0 saturated carbocycles. The third kappa shape index (κ3) is 3.90. The average Bonchev–Trinajstić information content (AvgIpc) is 2.47. The molecule has 0 unspecified atom stereocenters. The molecule has 21 heavy (non-hydrogen) atoms. The number of nitrogens with one attached hydrogen (secondary N) is 1. The van der Waals surface area contributed by atoms with E-state index in [4.69, 9.17) is 5.14 Å². The number of sulfonamides is 1. The van der Waals surface area contributed by atoms with Crippen LogP contribution < -0.4 is 10.5 Å². The van der Waals surface area contributed by atoms with Crippen LogP contribution in [0, 0.1) is 0 Å². The molecule has 6 heteroatoms. The molecule has 0 saturated heterocycles. The first-order chi connectivity index (χ1) is 9.90. The monoisotopic (exact) mass is 303 g/mol.